The Morgan fingerprint density at radius 3 is 2.63 bits per heavy atom. The van der Waals surface area contributed by atoms with Crippen molar-refractivity contribution in [3.63, 3.8) is 0 Å². The molecule has 0 spiro atoms. The standard InChI is InChI=1S/C20H18N4O3/c1-12-18(20(25)27-3)21-22-19-17(16(11-26-2)23-24(12)19)15-10-6-8-13-7-4-5-9-14(13)15/h4-10H,11H2,1-3H3. The molecule has 2 aromatic heterocycles. The first-order valence-corrected chi connectivity index (χ1v) is 8.46. The third kappa shape index (κ3) is 2.72. The van der Waals surface area contributed by atoms with Gasteiger partial charge in [0.05, 0.1) is 30.7 Å². The molecular weight excluding hydrogens is 344 g/mol. The second-order valence-corrected chi connectivity index (χ2v) is 6.14. The van der Waals surface area contributed by atoms with Gasteiger partial charge in [0.25, 0.3) is 0 Å². The fraction of sp³-hybridized carbons (Fsp3) is 0.200. The molecule has 4 rings (SSSR count). The number of ether oxygens (including phenoxy) is 2. The first-order valence-electron chi connectivity index (χ1n) is 8.46. The average Bonchev–Trinajstić information content (AvgIpc) is 3.06. The highest BCUT2D eigenvalue weighted by molar-refractivity contribution is 6.00. The fourth-order valence-electron chi connectivity index (χ4n) is 3.29. The molecule has 0 saturated heterocycles. The monoisotopic (exact) mass is 362 g/mol. The molecule has 136 valence electrons. The molecule has 0 amide bonds. The summed E-state index contributed by atoms with van der Waals surface area (Å²) < 4.78 is 11.8. The molecule has 2 aromatic carbocycles. The number of hydrogen-bond donors (Lipinski definition) is 0. The number of nitrogens with zero attached hydrogens (tertiary/aromatic N) is 4. The summed E-state index contributed by atoms with van der Waals surface area (Å²) in [5.74, 6) is -0.544. The van der Waals surface area contributed by atoms with E-state index in [9.17, 15) is 4.79 Å². The van der Waals surface area contributed by atoms with Crippen LogP contribution in [0.25, 0.3) is 27.5 Å². The fourth-order valence-corrected chi connectivity index (χ4v) is 3.29. The van der Waals surface area contributed by atoms with Gasteiger partial charge >= 0.3 is 5.97 Å². The lowest BCUT2D eigenvalue weighted by molar-refractivity contribution is 0.0590. The van der Waals surface area contributed by atoms with Gasteiger partial charge in [-0.1, -0.05) is 42.5 Å². The number of hydrogen-bond acceptors (Lipinski definition) is 6. The van der Waals surface area contributed by atoms with E-state index in [4.69, 9.17) is 9.47 Å². The van der Waals surface area contributed by atoms with E-state index in [2.05, 4.69) is 33.5 Å². The normalized spacial score (nSPS) is 11.2. The van der Waals surface area contributed by atoms with Crippen LogP contribution in [0.15, 0.2) is 42.5 Å². The lowest BCUT2D eigenvalue weighted by Gasteiger charge is -2.08. The molecule has 4 aromatic rings. The van der Waals surface area contributed by atoms with Crippen LogP contribution in [0, 0.1) is 6.92 Å². The molecule has 0 atom stereocenters. The summed E-state index contributed by atoms with van der Waals surface area (Å²) in [5.41, 5.74) is 3.85. The van der Waals surface area contributed by atoms with E-state index in [0.29, 0.717) is 17.9 Å². The van der Waals surface area contributed by atoms with Gasteiger partial charge in [-0.05, 0) is 23.3 Å². The molecule has 7 nitrogen and oxygen atoms in total. The molecule has 0 aliphatic rings. The van der Waals surface area contributed by atoms with Crippen LogP contribution >= 0.6 is 0 Å². The second kappa shape index (κ2) is 6.77. The predicted octanol–water partition coefficient (Wildman–Crippen LogP) is 3.19. The molecule has 0 aliphatic heterocycles. The maximum atomic E-state index is 11.9. The third-order valence-corrected chi connectivity index (χ3v) is 4.56. The smallest absolute Gasteiger partial charge is 0.360 e. The van der Waals surface area contributed by atoms with Crippen molar-refractivity contribution in [2.24, 2.45) is 0 Å². The van der Waals surface area contributed by atoms with Crippen molar-refractivity contribution >= 4 is 22.4 Å². The summed E-state index contributed by atoms with van der Waals surface area (Å²) in [6.45, 7) is 2.08. The molecule has 0 unspecified atom stereocenters. The number of aromatic nitrogens is 4. The van der Waals surface area contributed by atoms with Crippen LogP contribution < -0.4 is 0 Å². The Kier molecular flexibility index (Phi) is 4.29. The number of esters is 1. The summed E-state index contributed by atoms with van der Waals surface area (Å²) in [6, 6.07) is 14.2. The van der Waals surface area contributed by atoms with E-state index >= 15 is 0 Å². The van der Waals surface area contributed by atoms with Gasteiger partial charge in [-0.25, -0.2) is 9.31 Å². The van der Waals surface area contributed by atoms with Gasteiger partial charge in [-0.2, -0.15) is 5.10 Å². The summed E-state index contributed by atoms with van der Waals surface area (Å²) in [7, 11) is 2.93. The van der Waals surface area contributed by atoms with Crippen LogP contribution in [0.1, 0.15) is 21.9 Å². The Balaban J connectivity index is 2.06. The molecule has 0 aliphatic carbocycles. The Morgan fingerprint density at radius 1 is 1.07 bits per heavy atom. The van der Waals surface area contributed by atoms with Crippen molar-refractivity contribution in [2.45, 2.75) is 13.5 Å². The maximum absolute atomic E-state index is 11.9. The lowest BCUT2D eigenvalue weighted by atomic mass is 9.98. The largest absolute Gasteiger partial charge is 0.464 e. The highest BCUT2D eigenvalue weighted by Gasteiger charge is 2.23. The Bertz CT molecular complexity index is 1160. The van der Waals surface area contributed by atoms with Crippen molar-refractivity contribution < 1.29 is 14.3 Å². The zero-order valence-electron chi connectivity index (χ0n) is 15.3. The van der Waals surface area contributed by atoms with Gasteiger partial charge in [0.15, 0.2) is 11.3 Å². The van der Waals surface area contributed by atoms with Crippen LogP contribution in [0.3, 0.4) is 0 Å². The molecule has 0 bridgehead atoms. The molecule has 0 radical (unpaired) electrons. The minimum Gasteiger partial charge on any atom is -0.464 e. The van der Waals surface area contributed by atoms with Crippen molar-refractivity contribution in [1.29, 1.82) is 0 Å². The van der Waals surface area contributed by atoms with Crippen molar-refractivity contribution in [3.8, 4) is 11.1 Å². The van der Waals surface area contributed by atoms with Gasteiger partial charge in [0.1, 0.15) is 0 Å². The second-order valence-electron chi connectivity index (χ2n) is 6.14. The van der Waals surface area contributed by atoms with E-state index in [1.807, 2.05) is 24.3 Å². The number of aryl methyl sites for hydroxylation is 1. The van der Waals surface area contributed by atoms with Crippen molar-refractivity contribution in [2.75, 3.05) is 14.2 Å². The quantitative estimate of drug-likeness (QED) is 0.519. The van der Waals surface area contributed by atoms with Gasteiger partial charge < -0.3 is 9.47 Å². The minimum atomic E-state index is -0.544. The van der Waals surface area contributed by atoms with Gasteiger partial charge in [0.2, 0.25) is 0 Å². The van der Waals surface area contributed by atoms with Crippen LogP contribution in [0.4, 0.5) is 0 Å². The SMILES string of the molecule is COCc1nn2c(C)c(C(=O)OC)nnc2c1-c1cccc2ccccc12. The number of carbonyl (C=O) groups excluding carboxylic acids is 1. The van der Waals surface area contributed by atoms with Gasteiger partial charge in [0, 0.05) is 7.11 Å². The Hall–Kier alpha value is -3.32. The zero-order chi connectivity index (χ0) is 19.0. The molecule has 2 heterocycles. The van der Waals surface area contributed by atoms with Crippen LogP contribution in [0.2, 0.25) is 0 Å². The van der Waals surface area contributed by atoms with Crippen LogP contribution in [-0.4, -0.2) is 40.0 Å². The number of methoxy groups -OCH3 is 2. The molecule has 0 N–H and O–H groups in total. The average molecular weight is 362 g/mol. The van der Waals surface area contributed by atoms with E-state index in [0.717, 1.165) is 27.6 Å². The maximum Gasteiger partial charge on any atom is 0.360 e. The first kappa shape index (κ1) is 17.1. The van der Waals surface area contributed by atoms with Crippen LogP contribution in [0.5, 0.6) is 0 Å². The molecule has 7 heteroatoms. The third-order valence-electron chi connectivity index (χ3n) is 4.56. The zero-order valence-corrected chi connectivity index (χ0v) is 15.3. The topological polar surface area (TPSA) is 78.6 Å². The summed E-state index contributed by atoms with van der Waals surface area (Å²) in [5, 5.41) is 15.2. The van der Waals surface area contributed by atoms with Gasteiger partial charge in [-0.3, -0.25) is 0 Å². The van der Waals surface area contributed by atoms with Crippen molar-refractivity contribution in [3.05, 3.63) is 59.5 Å². The number of benzene rings is 2. The highest BCUT2D eigenvalue weighted by Crippen LogP contribution is 2.34. The van der Waals surface area contributed by atoms with E-state index < -0.39 is 5.97 Å². The molecular formula is C20H18N4O3. The summed E-state index contributed by atoms with van der Waals surface area (Å²) in [4.78, 5) is 11.9. The van der Waals surface area contributed by atoms with E-state index in [1.54, 1.807) is 18.5 Å². The first-order chi connectivity index (χ1) is 13.2. The van der Waals surface area contributed by atoms with Crippen molar-refractivity contribution in [1.82, 2.24) is 19.8 Å². The van der Waals surface area contributed by atoms with E-state index in [-0.39, 0.29) is 5.69 Å². The van der Waals surface area contributed by atoms with Gasteiger partial charge in [-0.15, -0.1) is 10.2 Å². The highest BCUT2D eigenvalue weighted by atomic mass is 16.5. The predicted molar refractivity (Wildman–Crippen MR) is 101 cm³/mol. The number of fused-ring (bicyclic) bond motifs is 2. The Labute approximate surface area is 155 Å². The molecule has 0 saturated carbocycles. The number of carbonyl (C=O) groups is 1. The Morgan fingerprint density at radius 2 is 1.85 bits per heavy atom. The van der Waals surface area contributed by atoms with Crippen LogP contribution in [-0.2, 0) is 16.1 Å². The van der Waals surface area contributed by atoms with E-state index in [1.165, 1.54) is 7.11 Å². The summed E-state index contributed by atoms with van der Waals surface area (Å²) >= 11 is 0. The molecule has 27 heavy (non-hydrogen) atoms. The lowest BCUT2D eigenvalue weighted by Crippen LogP contribution is -2.12. The summed E-state index contributed by atoms with van der Waals surface area (Å²) in [6.07, 6.45) is 0. The molecule has 0 fully saturated rings. The number of rotatable bonds is 4. The minimum absolute atomic E-state index is 0.140.